The third-order valence-corrected chi connectivity index (χ3v) is 1.96. The number of hydrogen-bond acceptors (Lipinski definition) is 4. The normalized spacial score (nSPS) is 11.4. The van der Waals surface area contributed by atoms with Crippen LogP contribution in [0.3, 0.4) is 0 Å². The molecule has 70 valence electrons. The highest BCUT2D eigenvalue weighted by molar-refractivity contribution is 5.88. The number of rotatable bonds is 0. The zero-order valence-electron chi connectivity index (χ0n) is 6.79. The Morgan fingerprint density at radius 3 is 1.86 bits per heavy atom. The van der Waals surface area contributed by atoms with E-state index in [0.717, 1.165) is 0 Å². The predicted octanol–water partition coefficient (Wildman–Crippen LogP) is 0.556. The monoisotopic (exact) mass is 192 g/mol. The quantitative estimate of drug-likeness (QED) is 0.544. The molecule has 3 aromatic rings. The van der Waals surface area contributed by atoms with Gasteiger partial charge < -0.3 is 8.83 Å². The van der Waals surface area contributed by atoms with E-state index in [4.69, 9.17) is 8.83 Å². The molecule has 0 aliphatic rings. The Morgan fingerprint density at radius 2 is 1.36 bits per heavy atom. The van der Waals surface area contributed by atoms with Crippen molar-refractivity contribution in [1.82, 2.24) is 9.97 Å². The smallest absolute Gasteiger partial charge is 0.408 e. The van der Waals surface area contributed by atoms with Gasteiger partial charge in [-0.2, -0.15) is 0 Å². The van der Waals surface area contributed by atoms with Crippen molar-refractivity contribution in [3.8, 4) is 0 Å². The van der Waals surface area contributed by atoms with Crippen LogP contribution in [0.4, 0.5) is 0 Å². The van der Waals surface area contributed by atoms with Crippen LogP contribution >= 0.6 is 0 Å². The molecular formula is C8H4N2O4. The summed E-state index contributed by atoms with van der Waals surface area (Å²) in [5.74, 6) is -1.06. The molecule has 6 heteroatoms. The number of H-pyrrole nitrogens is 2. The lowest BCUT2D eigenvalue weighted by Crippen LogP contribution is -1.93. The summed E-state index contributed by atoms with van der Waals surface area (Å²) < 4.78 is 9.60. The predicted molar refractivity (Wildman–Crippen MR) is 47.2 cm³/mol. The first-order valence-corrected chi connectivity index (χ1v) is 3.88. The summed E-state index contributed by atoms with van der Waals surface area (Å²) >= 11 is 0. The maximum Gasteiger partial charge on any atom is 0.417 e. The van der Waals surface area contributed by atoms with Crippen LogP contribution in [-0.4, -0.2) is 9.97 Å². The highest BCUT2D eigenvalue weighted by Crippen LogP contribution is 2.17. The minimum absolute atomic E-state index is 0.366. The summed E-state index contributed by atoms with van der Waals surface area (Å²) in [7, 11) is 0. The number of hydrogen-bond donors (Lipinski definition) is 2. The minimum Gasteiger partial charge on any atom is -0.408 e. The molecule has 3 rings (SSSR count). The van der Waals surface area contributed by atoms with Crippen molar-refractivity contribution in [3.63, 3.8) is 0 Å². The van der Waals surface area contributed by atoms with Crippen molar-refractivity contribution >= 4 is 22.2 Å². The number of nitrogens with one attached hydrogen (secondary N) is 2. The van der Waals surface area contributed by atoms with Crippen molar-refractivity contribution in [1.29, 1.82) is 0 Å². The summed E-state index contributed by atoms with van der Waals surface area (Å²) in [6, 6.07) is 3.07. The molecule has 14 heavy (non-hydrogen) atoms. The van der Waals surface area contributed by atoms with Gasteiger partial charge in [-0.3, -0.25) is 9.97 Å². The van der Waals surface area contributed by atoms with E-state index >= 15 is 0 Å². The van der Waals surface area contributed by atoms with Crippen LogP contribution in [0.25, 0.3) is 22.2 Å². The number of oxazole rings is 2. The largest absolute Gasteiger partial charge is 0.417 e. The summed E-state index contributed by atoms with van der Waals surface area (Å²) in [6.07, 6.45) is 0. The standard InChI is InChI=1S/C8H4N2O4/c11-7-9-3-1-4-6(2-5(3)13-7)14-8(12)10-4/h1-2H,(H,9,11)(H,10,12). The first kappa shape index (κ1) is 7.19. The van der Waals surface area contributed by atoms with Gasteiger partial charge in [0.2, 0.25) is 0 Å². The summed E-state index contributed by atoms with van der Waals surface area (Å²) in [4.78, 5) is 26.6. The maximum absolute atomic E-state index is 10.8. The lowest BCUT2D eigenvalue weighted by Gasteiger charge is -1.85. The Hall–Kier alpha value is -2.24. The first-order valence-electron chi connectivity index (χ1n) is 3.88. The van der Waals surface area contributed by atoms with Crippen LogP contribution < -0.4 is 11.5 Å². The minimum atomic E-state index is -0.532. The van der Waals surface area contributed by atoms with E-state index in [2.05, 4.69) is 9.97 Å². The fraction of sp³-hybridized carbons (Fsp3) is 0. The third kappa shape index (κ3) is 0.846. The van der Waals surface area contributed by atoms with E-state index in [1.807, 2.05) is 0 Å². The molecule has 0 aliphatic heterocycles. The molecule has 0 aliphatic carbocycles. The molecule has 0 fully saturated rings. The van der Waals surface area contributed by atoms with Crippen LogP contribution in [0.5, 0.6) is 0 Å². The fourth-order valence-electron chi connectivity index (χ4n) is 1.40. The average Bonchev–Trinajstić information content (AvgIpc) is 2.59. The first-order chi connectivity index (χ1) is 6.72. The lowest BCUT2D eigenvalue weighted by molar-refractivity contribution is 0.546. The van der Waals surface area contributed by atoms with Gasteiger partial charge in [0.25, 0.3) is 0 Å². The van der Waals surface area contributed by atoms with Crippen LogP contribution in [0.15, 0.2) is 30.6 Å². The molecule has 0 spiro atoms. The van der Waals surface area contributed by atoms with E-state index in [1.54, 1.807) is 6.07 Å². The Balaban J connectivity index is 2.61. The Labute approximate surface area is 75.1 Å². The van der Waals surface area contributed by atoms with E-state index in [1.165, 1.54) is 6.07 Å². The van der Waals surface area contributed by atoms with E-state index in [-0.39, 0.29) is 0 Å². The molecular weight excluding hydrogens is 188 g/mol. The van der Waals surface area contributed by atoms with Gasteiger partial charge in [0.15, 0.2) is 11.2 Å². The van der Waals surface area contributed by atoms with Gasteiger partial charge in [-0.15, -0.1) is 0 Å². The Morgan fingerprint density at radius 1 is 0.857 bits per heavy atom. The second-order valence-corrected chi connectivity index (χ2v) is 2.87. The molecule has 6 nitrogen and oxygen atoms in total. The van der Waals surface area contributed by atoms with Crippen LogP contribution in [0.1, 0.15) is 0 Å². The van der Waals surface area contributed by atoms with Crippen molar-refractivity contribution in [2.45, 2.75) is 0 Å². The van der Waals surface area contributed by atoms with Crippen LogP contribution in [-0.2, 0) is 0 Å². The molecule has 0 saturated heterocycles. The molecule has 0 amide bonds. The molecule has 0 bridgehead atoms. The zero-order chi connectivity index (χ0) is 9.71. The van der Waals surface area contributed by atoms with E-state index in [9.17, 15) is 9.59 Å². The second kappa shape index (κ2) is 2.16. The van der Waals surface area contributed by atoms with Crippen molar-refractivity contribution in [2.24, 2.45) is 0 Å². The molecule has 0 radical (unpaired) electrons. The molecule has 0 unspecified atom stereocenters. The van der Waals surface area contributed by atoms with Gasteiger partial charge in [-0.1, -0.05) is 0 Å². The highest BCUT2D eigenvalue weighted by Gasteiger charge is 2.06. The molecule has 2 heterocycles. The van der Waals surface area contributed by atoms with Gasteiger partial charge in [-0.05, 0) is 6.07 Å². The number of fused-ring (bicyclic) bond motifs is 2. The summed E-state index contributed by atoms with van der Waals surface area (Å²) in [5.41, 5.74) is 1.79. The van der Waals surface area contributed by atoms with Crippen molar-refractivity contribution < 1.29 is 8.83 Å². The van der Waals surface area contributed by atoms with Gasteiger partial charge in [0.1, 0.15) is 0 Å². The summed E-state index contributed by atoms with van der Waals surface area (Å²) in [5, 5.41) is 0. The van der Waals surface area contributed by atoms with Crippen LogP contribution in [0.2, 0.25) is 0 Å². The molecule has 2 N–H and O–H groups in total. The SMILES string of the molecule is O=c1[nH]c2cc3[nH]c(=O)oc3cc2o1. The van der Waals surface area contributed by atoms with Crippen molar-refractivity contribution in [2.75, 3.05) is 0 Å². The van der Waals surface area contributed by atoms with Gasteiger partial charge in [0.05, 0.1) is 11.0 Å². The topological polar surface area (TPSA) is 92.0 Å². The van der Waals surface area contributed by atoms with Gasteiger partial charge >= 0.3 is 11.5 Å². The maximum atomic E-state index is 10.8. The zero-order valence-corrected chi connectivity index (χ0v) is 6.79. The van der Waals surface area contributed by atoms with Crippen molar-refractivity contribution in [3.05, 3.63) is 33.2 Å². The summed E-state index contributed by atoms with van der Waals surface area (Å²) in [6.45, 7) is 0. The van der Waals surface area contributed by atoms with E-state index < -0.39 is 11.5 Å². The Kier molecular flexibility index (Phi) is 1.11. The van der Waals surface area contributed by atoms with E-state index in [0.29, 0.717) is 22.2 Å². The van der Waals surface area contributed by atoms with Gasteiger partial charge in [0, 0.05) is 6.07 Å². The number of aromatic amines is 2. The third-order valence-electron chi connectivity index (χ3n) is 1.96. The molecule has 1 aromatic carbocycles. The number of aromatic nitrogens is 2. The van der Waals surface area contributed by atoms with Gasteiger partial charge in [-0.25, -0.2) is 9.59 Å². The molecule has 0 atom stereocenters. The lowest BCUT2D eigenvalue weighted by atomic mass is 10.3. The number of benzene rings is 1. The second-order valence-electron chi connectivity index (χ2n) is 2.87. The van der Waals surface area contributed by atoms with Crippen LogP contribution in [0, 0.1) is 0 Å². The molecule has 0 saturated carbocycles. The molecule has 2 aromatic heterocycles. The fourth-order valence-corrected chi connectivity index (χ4v) is 1.40. The average molecular weight is 192 g/mol. The Bertz CT molecular complexity index is 610. The highest BCUT2D eigenvalue weighted by atomic mass is 16.4.